The summed E-state index contributed by atoms with van der Waals surface area (Å²) in [5.74, 6) is 0.980. The van der Waals surface area contributed by atoms with E-state index in [0.717, 1.165) is 25.1 Å². The summed E-state index contributed by atoms with van der Waals surface area (Å²) in [6, 6.07) is 7.31. The molecule has 0 spiro atoms. The van der Waals surface area contributed by atoms with Crippen LogP contribution in [0.2, 0.25) is 0 Å². The first-order valence-corrected chi connectivity index (χ1v) is 8.45. The van der Waals surface area contributed by atoms with Crippen LogP contribution in [0.5, 0.6) is 5.75 Å². The van der Waals surface area contributed by atoms with Gasteiger partial charge in [-0.15, -0.1) is 0 Å². The molecule has 0 unspecified atom stereocenters. The highest BCUT2D eigenvalue weighted by molar-refractivity contribution is 5.94. The Morgan fingerprint density at radius 3 is 2.30 bits per heavy atom. The number of ether oxygens (including phenoxy) is 1. The number of hydrogen-bond acceptors (Lipinski definition) is 3. The molecule has 5 nitrogen and oxygen atoms in total. The van der Waals surface area contributed by atoms with Gasteiger partial charge in [-0.2, -0.15) is 0 Å². The van der Waals surface area contributed by atoms with Crippen LogP contribution in [0, 0.1) is 0 Å². The molecule has 23 heavy (non-hydrogen) atoms. The average Bonchev–Trinajstić information content (AvgIpc) is 2.85. The zero-order valence-electron chi connectivity index (χ0n) is 14.1. The third-order valence-electron chi connectivity index (χ3n) is 4.01. The van der Waals surface area contributed by atoms with Gasteiger partial charge in [-0.3, -0.25) is 9.59 Å². The van der Waals surface area contributed by atoms with Crippen LogP contribution in [-0.4, -0.2) is 54.4 Å². The Labute approximate surface area is 138 Å². The van der Waals surface area contributed by atoms with Crippen molar-refractivity contribution in [2.45, 2.75) is 33.1 Å². The summed E-state index contributed by atoms with van der Waals surface area (Å²) in [6.07, 6.45) is 2.31. The maximum Gasteiger partial charge on any atom is 0.253 e. The van der Waals surface area contributed by atoms with Gasteiger partial charge in [-0.1, -0.05) is 13.8 Å². The Hall–Kier alpha value is -2.04. The molecule has 5 heteroatoms. The molecule has 1 aromatic rings. The fourth-order valence-corrected chi connectivity index (χ4v) is 2.69. The molecule has 1 aromatic carbocycles. The van der Waals surface area contributed by atoms with E-state index in [1.54, 1.807) is 0 Å². The van der Waals surface area contributed by atoms with Crippen molar-refractivity contribution in [1.29, 1.82) is 0 Å². The van der Waals surface area contributed by atoms with Gasteiger partial charge < -0.3 is 14.5 Å². The normalized spacial score (nSPS) is 15.2. The summed E-state index contributed by atoms with van der Waals surface area (Å²) < 4.78 is 5.54. The Bertz CT molecular complexity index is 528. The Morgan fingerprint density at radius 2 is 1.65 bits per heavy atom. The summed E-state index contributed by atoms with van der Waals surface area (Å²) in [5.41, 5.74) is 0.670. The molecule has 2 amide bonds. The number of carbonyl (C=O) groups excluding carboxylic acids is 2. The highest BCUT2D eigenvalue weighted by Gasteiger charge is 2.22. The predicted molar refractivity (Wildman–Crippen MR) is 89.6 cm³/mol. The second kappa shape index (κ2) is 8.56. The van der Waals surface area contributed by atoms with Crippen molar-refractivity contribution in [2.24, 2.45) is 0 Å². The minimum absolute atomic E-state index is 0.0258. The molecule has 1 aliphatic heterocycles. The molecule has 1 fully saturated rings. The smallest absolute Gasteiger partial charge is 0.253 e. The molecule has 0 saturated carbocycles. The number of nitrogens with zero attached hydrogens (tertiary/aromatic N) is 2. The highest BCUT2D eigenvalue weighted by Crippen LogP contribution is 2.15. The first kappa shape index (κ1) is 17.3. The van der Waals surface area contributed by atoms with Crippen molar-refractivity contribution in [1.82, 2.24) is 9.80 Å². The van der Waals surface area contributed by atoms with Crippen molar-refractivity contribution in [3.05, 3.63) is 29.8 Å². The molecule has 2 rings (SSSR count). The van der Waals surface area contributed by atoms with E-state index in [0.29, 0.717) is 38.2 Å². The van der Waals surface area contributed by atoms with Crippen molar-refractivity contribution < 1.29 is 14.3 Å². The highest BCUT2D eigenvalue weighted by atomic mass is 16.5. The van der Waals surface area contributed by atoms with Gasteiger partial charge in [-0.05, 0) is 37.1 Å². The Balaban J connectivity index is 1.96. The van der Waals surface area contributed by atoms with Crippen LogP contribution in [0.3, 0.4) is 0 Å². The molecule has 0 atom stereocenters. The molecule has 1 aliphatic rings. The largest absolute Gasteiger partial charge is 0.494 e. The summed E-state index contributed by atoms with van der Waals surface area (Å²) in [7, 11) is 0. The Morgan fingerprint density at radius 1 is 1.00 bits per heavy atom. The molecular formula is C18H26N2O3. The SMILES string of the molecule is CCCOc1ccc(C(=O)N2CCCN(C(=O)CC)CC2)cc1. The van der Waals surface area contributed by atoms with E-state index in [1.165, 1.54) is 0 Å². The van der Waals surface area contributed by atoms with Crippen LogP contribution >= 0.6 is 0 Å². The minimum Gasteiger partial charge on any atom is -0.494 e. The average molecular weight is 318 g/mol. The quantitative estimate of drug-likeness (QED) is 0.838. The number of amides is 2. The summed E-state index contributed by atoms with van der Waals surface area (Å²) >= 11 is 0. The lowest BCUT2D eigenvalue weighted by Crippen LogP contribution is -2.37. The molecule has 0 bridgehead atoms. The van der Waals surface area contributed by atoms with Crippen LogP contribution in [0.25, 0.3) is 0 Å². The molecule has 126 valence electrons. The maximum absolute atomic E-state index is 12.6. The van der Waals surface area contributed by atoms with E-state index < -0.39 is 0 Å². The van der Waals surface area contributed by atoms with Gasteiger partial charge in [0, 0.05) is 38.2 Å². The predicted octanol–water partition coefficient (Wildman–Crippen LogP) is 2.56. The van der Waals surface area contributed by atoms with Gasteiger partial charge in [0.1, 0.15) is 5.75 Å². The first-order chi connectivity index (χ1) is 11.2. The third kappa shape index (κ3) is 4.71. The van der Waals surface area contributed by atoms with Crippen LogP contribution < -0.4 is 4.74 Å². The van der Waals surface area contributed by atoms with Crippen molar-refractivity contribution in [3.63, 3.8) is 0 Å². The lowest BCUT2D eigenvalue weighted by Gasteiger charge is -2.22. The van der Waals surface area contributed by atoms with E-state index in [-0.39, 0.29) is 11.8 Å². The van der Waals surface area contributed by atoms with Crippen molar-refractivity contribution >= 4 is 11.8 Å². The molecule has 0 aliphatic carbocycles. The molecule has 0 aromatic heterocycles. The molecule has 1 saturated heterocycles. The van der Waals surface area contributed by atoms with Crippen LogP contribution in [-0.2, 0) is 4.79 Å². The number of carbonyl (C=O) groups is 2. The van der Waals surface area contributed by atoms with Crippen molar-refractivity contribution in [3.8, 4) is 5.75 Å². The molecule has 1 heterocycles. The lowest BCUT2D eigenvalue weighted by molar-refractivity contribution is -0.130. The summed E-state index contributed by atoms with van der Waals surface area (Å²) in [4.78, 5) is 28.1. The van der Waals surface area contributed by atoms with Crippen LogP contribution in [0.1, 0.15) is 43.5 Å². The zero-order chi connectivity index (χ0) is 16.7. The lowest BCUT2D eigenvalue weighted by atomic mass is 10.2. The fourth-order valence-electron chi connectivity index (χ4n) is 2.69. The minimum atomic E-state index is 0.0258. The van der Waals surface area contributed by atoms with Crippen molar-refractivity contribution in [2.75, 3.05) is 32.8 Å². The van der Waals surface area contributed by atoms with Gasteiger partial charge in [0.15, 0.2) is 0 Å². The van der Waals surface area contributed by atoms with Gasteiger partial charge in [-0.25, -0.2) is 0 Å². The van der Waals surface area contributed by atoms with E-state index in [4.69, 9.17) is 4.74 Å². The molecular weight excluding hydrogens is 292 g/mol. The summed E-state index contributed by atoms with van der Waals surface area (Å²) in [5, 5.41) is 0. The van der Waals surface area contributed by atoms with E-state index in [9.17, 15) is 9.59 Å². The third-order valence-corrected chi connectivity index (χ3v) is 4.01. The molecule has 0 N–H and O–H groups in total. The van der Waals surface area contributed by atoms with E-state index >= 15 is 0 Å². The van der Waals surface area contributed by atoms with Gasteiger partial charge in [0.2, 0.25) is 5.91 Å². The second-order valence-corrected chi connectivity index (χ2v) is 5.75. The number of hydrogen-bond donors (Lipinski definition) is 0. The van der Waals surface area contributed by atoms with E-state index in [2.05, 4.69) is 6.92 Å². The topological polar surface area (TPSA) is 49.9 Å². The Kier molecular flexibility index (Phi) is 6.44. The summed E-state index contributed by atoms with van der Waals surface area (Å²) in [6.45, 7) is 7.26. The monoisotopic (exact) mass is 318 g/mol. The first-order valence-electron chi connectivity index (χ1n) is 8.45. The van der Waals surface area contributed by atoms with Gasteiger partial charge in [0.25, 0.3) is 5.91 Å². The maximum atomic E-state index is 12.6. The van der Waals surface area contributed by atoms with E-state index in [1.807, 2.05) is 41.0 Å². The number of benzene rings is 1. The zero-order valence-corrected chi connectivity index (χ0v) is 14.1. The van der Waals surface area contributed by atoms with Gasteiger partial charge in [0.05, 0.1) is 6.61 Å². The standard InChI is InChI=1S/C18H26N2O3/c1-3-14-23-16-8-6-15(7-9-16)18(22)20-11-5-10-19(12-13-20)17(21)4-2/h6-9H,3-5,10-14H2,1-2H3. The molecule has 0 radical (unpaired) electrons. The van der Waals surface area contributed by atoms with Gasteiger partial charge >= 0.3 is 0 Å². The van der Waals surface area contributed by atoms with Crippen LogP contribution in [0.15, 0.2) is 24.3 Å². The van der Waals surface area contributed by atoms with Crippen LogP contribution in [0.4, 0.5) is 0 Å². The second-order valence-electron chi connectivity index (χ2n) is 5.75. The fraction of sp³-hybridized carbons (Fsp3) is 0.556. The number of rotatable bonds is 5.